The van der Waals surface area contributed by atoms with Crippen molar-refractivity contribution in [1.82, 2.24) is 4.90 Å². The van der Waals surface area contributed by atoms with E-state index in [1.165, 1.54) is 18.3 Å². The van der Waals surface area contributed by atoms with Crippen molar-refractivity contribution in [3.05, 3.63) is 28.0 Å². The monoisotopic (exact) mass is 227 g/mol. The maximum Gasteiger partial charge on any atom is 0.433 e. The van der Waals surface area contributed by atoms with E-state index in [1.54, 1.807) is 0 Å². The normalized spacial score (nSPS) is 11.2. The number of hydrogen-bond acceptors (Lipinski definition) is 6. The molecule has 0 saturated carbocycles. The third-order valence-corrected chi connectivity index (χ3v) is 1.68. The van der Waals surface area contributed by atoms with Crippen LogP contribution < -0.4 is 0 Å². The first-order valence-electron chi connectivity index (χ1n) is 4.64. The lowest BCUT2D eigenvalue weighted by Gasteiger charge is -2.06. The topological polar surface area (TPSA) is 81.1 Å². The first-order chi connectivity index (χ1) is 7.59. The molecule has 0 fully saturated rings. The molecule has 0 amide bonds. The molecule has 7 nitrogen and oxygen atoms in total. The summed E-state index contributed by atoms with van der Waals surface area (Å²) >= 11 is 0. The Morgan fingerprint density at radius 3 is 2.94 bits per heavy atom. The summed E-state index contributed by atoms with van der Waals surface area (Å²) < 4.78 is 4.83. The van der Waals surface area contributed by atoms with Gasteiger partial charge in [-0.1, -0.05) is 5.16 Å². The van der Waals surface area contributed by atoms with Crippen LogP contribution in [0.15, 0.2) is 21.7 Å². The fourth-order valence-corrected chi connectivity index (χ4v) is 0.875. The second kappa shape index (κ2) is 5.86. The Morgan fingerprint density at radius 1 is 1.62 bits per heavy atom. The van der Waals surface area contributed by atoms with Gasteiger partial charge in [-0.05, 0) is 20.2 Å². The molecule has 0 atom stereocenters. The molecule has 88 valence electrons. The van der Waals surface area contributed by atoms with E-state index < -0.39 is 4.92 Å². The van der Waals surface area contributed by atoms with Gasteiger partial charge in [0.25, 0.3) is 0 Å². The quantitative estimate of drug-likeness (QED) is 0.314. The highest BCUT2D eigenvalue weighted by molar-refractivity contribution is 5.75. The Labute approximate surface area is 92.4 Å². The van der Waals surface area contributed by atoms with Crippen molar-refractivity contribution >= 4 is 12.1 Å². The van der Waals surface area contributed by atoms with Crippen molar-refractivity contribution in [3.63, 3.8) is 0 Å². The number of rotatable bonds is 6. The van der Waals surface area contributed by atoms with Crippen LogP contribution in [0.5, 0.6) is 0 Å². The van der Waals surface area contributed by atoms with Gasteiger partial charge in [0.15, 0.2) is 5.76 Å². The smallest absolute Gasteiger partial charge is 0.400 e. The van der Waals surface area contributed by atoms with Crippen LogP contribution in [-0.2, 0) is 4.84 Å². The van der Waals surface area contributed by atoms with E-state index in [1.807, 2.05) is 19.0 Å². The Kier molecular flexibility index (Phi) is 4.46. The molecule has 0 aliphatic heterocycles. The number of nitro groups is 1. The molecule has 0 unspecified atom stereocenters. The van der Waals surface area contributed by atoms with Crippen molar-refractivity contribution < 1.29 is 14.2 Å². The van der Waals surface area contributed by atoms with Gasteiger partial charge in [0.1, 0.15) is 17.7 Å². The van der Waals surface area contributed by atoms with Gasteiger partial charge in [-0.25, -0.2) is 0 Å². The third-order valence-electron chi connectivity index (χ3n) is 1.68. The molecule has 1 rings (SSSR count). The Hall–Kier alpha value is -1.89. The van der Waals surface area contributed by atoms with E-state index in [0.717, 1.165) is 6.54 Å². The van der Waals surface area contributed by atoms with Gasteiger partial charge in [-0.15, -0.1) is 0 Å². The highest BCUT2D eigenvalue weighted by Crippen LogP contribution is 2.13. The predicted molar refractivity (Wildman–Crippen MR) is 57.5 cm³/mol. The Balaban J connectivity index is 2.35. The van der Waals surface area contributed by atoms with E-state index in [2.05, 4.69) is 5.16 Å². The number of oxime groups is 1. The maximum atomic E-state index is 10.3. The lowest BCUT2D eigenvalue weighted by atomic mass is 10.5. The van der Waals surface area contributed by atoms with Crippen LogP contribution in [0.2, 0.25) is 0 Å². The lowest BCUT2D eigenvalue weighted by Crippen LogP contribution is -2.16. The van der Waals surface area contributed by atoms with Crippen LogP contribution in [0, 0.1) is 10.1 Å². The summed E-state index contributed by atoms with van der Waals surface area (Å²) in [5.74, 6) is -0.0219. The molecular weight excluding hydrogens is 214 g/mol. The summed E-state index contributed by atoms with van der Waals surface area (Å²) in [5.41, 5.74) is 0. The zero-order valence-electron chi connectivity index (χ0n) is 9.12. The number of hydrogen-bond donors (Lipinski definition) is 0. The van der Waals surface area contributed by atoms with Crippen LogP contribution in [0.1, 0.15) is 5.76 Å². The maximum absolute atomic E-state index is 10.3. The minimum absolute atomic E-state index is 0.288. The molecule has 16 heavy (non-hydrogen) atoms. The minimum atomic E-state index is -0.607. The van der Waals surface area contributed by atoms with Crippen molar-refractivity contribution in [2.24, 2.45) is 5.16 Å². The first kappa shape index (κ1) is 12.2. The summed E-state index contributed by atoms with van der Waals surface area (Å²) in [6.07, 6.45) is 1.29. The zero-order valence-corrected chi connectivity index (χ0v) is 9.12. The van der Waals surface area contributed by atoms with Crippen LogP contribution in [-0.4, -0.2) is 43.3 Å². The molecule has 0 saturated heterocycles. The first-order valence-corrected chi connectivity index (χ1v) is 4.64. The van der Waals surface area contributed by atoms with Gasteiger partial charge in [-0.3, -0.25) is 10.1 Å². The van der Waals surface area contributed by atoms with Crippen molar-refractivity contribution in [2.45, 2.75) is 0 Å². The van der Waals surface area contributed by atoms with Crippen LogP contribution in [0.4, 0.5) is 5.88 Å². The van der Waals surface area contributed by atoms with E-state index in [4.69, 9.17) is 9.25 Å². The number of likely N-dealkylation sites (N-methyl/N-ethyl adjacent to an activating group) is 1. The van der Waals surface area contributed by atoms with Crippen molar-refractivity contribution in [3.8, 4) is 0 Å². The Morgan fingerprint density at radius 2 is 2.38 bits per heavy atom. The molecule has 0 radical (unpaired) electrons. The minimum Gasteiger partial charge on any atom is -0.400 e. The van der Waals surface area contributed by atoms with Crippen LogP contribution in [0.3, 0.4) is 0 Å². The predicted octanol–water partition coefficient (Wildman–Crippen LogP) is 1.10. The molecule has 1 heterocycles. The molecule has 1 aromatic rings. The lowest BCUT2D eigenvalue weighted by molar-refractivity contribution is -0.402. The van der Waals surface area contributed by atoms with E-state index in [9.17, 15) is 10.1 Å². The van der Waals surface area contributed by atoms with Crippen LogP contribution in [0.25, 0.3) is 0 Å². The third kappa shape index (κ3) is 4.09. The fourth-order valence-electron chi connectivity index (χ4n) is 0.875. The van der Waals surface area contributed by atoms with E-state index in [0.29, 0.717) is 6.61 Å². The summed E-state index contributed by atoms with van der Waals surface area (Å²) in [5, 5.41) is 13.9. The summed E-state index contributed by atoms with van der Waals surface area (Å²) in [6.45, 7) is 1.20. The highest BCUT2D eigenvalue weighted by atomic mass is 16.7. The van der Waals surface area contributed by atoms with Gasteiger partial charge in [0, 0.05) is 6.54 Å². The molecule has 0 aromatic carbocycles. The second-order valence-corrected chi connectivity index (χ2v) is 3.30. The van der Waals surface area contributed by atoms with Crippen LogP contribution >= 0.6 is 0 Å². The van der Waals surface area contributed by atoms with Gasteiger partial charge in [0.05, 0.1) is 6.07 Å². The molecule has 1 aromatic heterocycles. The van der Waals surface area contributed by atoms with Gasteiger partial charge in [-0.2, -0.15) is 0 Å². The molecule has 0 aliphatic carbocycles. The molecule has 7 heteroatoms. The SMILES string of the molecule is CN(C)CCON=Cc1ccc([N+](=O)[O-])o1. The zero-order chi connectivity index (χ0) is 12.0. The standard InChI is InChI=1S/C9H13N3O4/c1-11(2)5-6-15-10-7-8-3-4-9(16-8)12(13)14/h3-4,7H,5-6H2,1-2H3. The summed E-state index contributed by atoms with van der Waals surface area (Å²) in [7, 11) is 3.84. The van der Waals surface area contributed by atoms with Gasteiger partial charge < -0.3 is 14.2 Å². The fraction of sp³-hybridized carbons (Fsp3) is 0.444. The van der Waals surface area contributed by atoms with Crippen molar-refractivity contribution in [2.75, 3.05) is 27.2 Å². The molecule has 0 bridgehead atoms. The average Bonchev–Trinajstić information content (AvgIpc) is 2.65. The molecule has 0 aliphatic rings. The van der Waals surface area contributed by atoms with Crippen molar-refractivity contribution in [1.29, 1.82) is 0 Å². The second-order valence-electron chi connectivity index (χ2n) is 3.30. The average molecular weight is 227 g/mol. The largest absolute Gasteiger partial charge is 0.433 e. The Bertz CT molecular complexity index is 373. The van der Waals surface area contributed by atoms with E-state index >= 15 is 0 Å². The summed E-state index contributed by atoms with van der Waals surface area (Å²) in [4.78, 5) is 16.6. The van der Waals surface area contributed by atoms with Gasteiger partial charge >= 0.3 is 5.88 Å². The number of furan rings is 1. The van der Waals surface area contributed by atoms with Gasteiger partial charge in [0.2, 0.25) is 0 Å². The summed E-state index contributed by atoms with van der Waals surface area (Å²) in [6, 6.07) is 2.72. The highest BCUT2D eigenvalue weighted by Gasteiger charge is 2.10. The molecular formula is C9H13N3O4. The number of nitrogens with zero attached hydrogens (tertiary/aromatic N) is 3. The molecule has 0 spiro atoms. The van der Waals surface area contributed by atoms with E-state index in [-0.39, 0.29) is 11.6 Å². The molecule has 0 N–H and O–H groups in total.